The molecule has 2 nitrogen and oxygen atoms in total. The molecule has 48 valence electrons. The molecule has 1 aromatic rings. The van der Waals surface area contributed by atoms with Crippen LogP contribution in [0.5, 0.6) is 11.5 Å². The van der Waals surface area contributed by atoms with Gasteiger partial charge < -0.3 is 0 Å². The Hall–Kier alpha value is -0.661. The molecule has 0 aromatic heterocycles. The van der Waals surface area contributed by atoms with Gasteiger partial charge in [0.2, 0.25) is 0 Å². The maximum absolute atomic E-state index is 8.98. The van der Waals surface area contributed by atoms with Crippen LogP contribution in [0.15, 0.2) is 24.3 Å². The van der Waals surface area contributed by atoms with Gasteiger partial charge >= 0.3 is 61.0 Å². The molecule has 0 amide bonds. The SMILES string of the molecule is Oc1ccccc1O[SeH]. The molecule has 0 fully saturated rings. The predicted molar refractivity (Wildman–Crippen MR) is 35.9 cm³/mol. The third kappa shape index (κ3) is 1.37. The summed E-state index contributed by atoms with van der Waals surface area (Å²) in [6.07, 6.45) is 0. The monoisotopic (exact) mass is 190 g/mol. The van der Waals surface area contributed by atoms with Gasteiger partial charge in [0.05, 0.1) is 0 Å². The van der Waals surface area contributed by atoms with Crippen LogP contribution in [0.2, 0.25) is 0 Å². The minimum absolute atomic E-state index is 0.165. The molecule has 0 aliphatic rings. The average molecular weight is 189 g/mol. The van der Waals surface area contributed by atoms with E-state index in [2.05, 4.69) is 0 Å². The average Bonchev–Trinajstić information content (AvgIpc) is 1.89. The Morgan fingerprint density at radius 2 is 2.00 bits per heavy atom. The first-order valence-electron chi connectivity index (χ1n) is 2.44. The van der Waals surface area contributed by atoms with Gasteiger partial charge in [-0.15, -0.1) is 0 Å². The van der Waals surface area contributed by atoms with Crippen LogP contribution in [-0.4, -0.2) is 21.4 Å². The molecule has 1 aromatic carbocycles. The molecule has 0 bridgehead atoms. The Kier molecular flexibility index (Phi) is 1.98. The van der Waals surface area contributed by atoms with Gasteiger partial charge in [-0.25, -0.2) is 0 Å². The fraction of sp³-hybridized carbons (Fsp3) is 0. The molecule has 9 heavy (non-hydrogen) atoms. The molecular formula is C6H6O2Se. The number of rotatable bonds is 1. The molecule has 0 heterocycles. The molecule has 0 aliphatic heterocycles. The quantitative estimate of drug-likeness (QED) is 0.655. The van der Waals surface area contributed by atoms with E-state index in [1.54, 1.807) is 24.3 Å². The maximum atomic E-state index is 8.98. The summed E-state index contributed by atoms with van der Waals surface area (Å²) in [5.74, 6) is 0.649. The van der Waals surface area contributed by atoms with Gasteiger partial charge in [-0.3, -0.25) is 0 Å². The van der Waals surface area contributed by atoms with Crippen molar-refractivity contribution in [2.24, 2.45) is 0 Å². The fourth-order valence-corrected chi connectivity index (χ4v) is 0.858. The summed E-state index contributed by atoms with van der Waals surface area (Å²) in [4.78, 5) is 0. The Morgan fingerprint density at radius 3 is 2.44 bits per heavy atom. The molecule has 3 heteroatoms. The second kappa shape index (κ2) is 2.76. The predicted octanol–water partition coefficient (Wildman–Crippen LogP) is 0.587. The molecule has 0 unspecified atom stereocenters. The Balaban J connectivity index is 3.01. The van der Waals surface area contributed by atoms with Gasteiger partial charge in [0.1, 0.15) is 0 Å². The number of phenolic OH excluding ortho intramolecular Hbond substituents is 1. The summed E-state index contributed by atoms with van der Waals surface area (Å²) in [6.45, 7) is 0. The van der Waals surface area contributed by atoms with Crippen LogP contribution in [0.1, 0.15) is 0 Å². The van der Waals surface area contributed by atoms with Gasteiger partial charge in [0.15, 0.2) is 0 Å². The molecule has 0 saturated carbocycles. The molecule has 0 atom stereocenters. The summed E-state index contributed by atoms with van der Waals surface area (Å²) >= 11 is 1.93. The van der Waals surface area contributed by atoms with E-state index in [0.29, 0.717) is 5.75 Å². The molecule has 0 saturated heterocycles. The summed E-state index contributed by atoms with van der Waals surface area (Å²) < 4.78 is 4.73. The zero-order chi connectivity index (χ0) is 6.69. The van der Waals surface area contributed by atoms with E-state index >= 15 is 0 Å². The molecule has 1 rings (SSSR count). The summed E-state index contributed by atoms with van der Waals surface area (Å²) in [6, 6.07) is 6.80. The van der Waals surface area contributed by atoms with Crippen molar-refractivity contribution in [2.75, 3.05) is 0 Å². The zero-order valence-corrected chi connectivity index (χ0v) is 6.49. The molecule has 0 aliphatic carbocycles. The number of hydrogen-bond donors (Lipinski definition) is 1. The molecule has 0 radical (unpaired) electrons. The van der Waals surface area contributed by atoms with Gasteiger partial charge in [-0.1, -0.05) is 0 Å². The molecular weight excluding hydrogens is 183 g/mol. The van der Waals surface area contributed by atoms with Crippen LogP contribution >= 0.6 is 0 Å². The van der Waals surface area contributed by atoms with Crippen molar-refractivity contribution in [3.05, 3.63) is 24.3 Å². The summed E-state index contributed by atoms with van der Waals surface area (Å²) in [7, 11) is 0. The van der Waals surface area contributed by atoms with E-state index in [9.17, 15) is 0 Å². The topological polar surface area (TPSA) is 29.5 Å². The number of phenols is 1. The van der Waals surface area contributed by atoms with Crippen LogP contribution in [0.25, 0.3) is 0 Å². The standard InChI is InChI=1S/C6H6O2Se/c7-5-3-1-2-4-6(5)8-9/h1-4,7,9H. The van der Waals surface area contributed by atoms with Crippen LogP contribution in [0, 0.1) is 0 Å². The van der Waals surface area contributed by atoms with E-state index in [1.807, 2.05) is 16.3 Å². The summed E-state index contributed by atoms with van der Waals surface area (Å²) in [5.41, 5.74) is 0. The number of aromatic hydroxyl groups is 1. The van der Waals surface area contributed by atoms with Crippen molar-refractivity contribution in [3.63, 3.8) is 0 Å². The zero-order valence-electron chi connectivity index (χ0n) is 4.61. The second-order valence-electron chi connectivity index (χ2n) is 1.56. The van der Waals surface area contributed by atoms with Crippen molar-refractivity contribution >= 4 is 16.3 Å². The third-order valence-corrected chi connectivity index (χ3v) is 1.38. The van der Waals surface area contributed by atoms with Crippen LogP contribution in [-0.2, 0) is 0 Å². The van der Waals surface area contributed by atoms with Crippen molar-refractivity contribution < 1.29 is 8.93 Å². The Morgan fingerprint density at radius 1 is 1.33 bits per heavy atom. The number of hydrogen-bond acceptors (Lipinski definition) is 2. The number of para-hydroxylation sites is 2. The molecule has 0 spiro atoms. The van der Waals surface area contributed by atoms with Gasteiger partial charge in [-0.2, -0.15) is 0 Å². The second-order valence-corrected chi connectivity index (χ2v) is 1.94. The first kappa shape index (κ1) is 6.46. The first-order chi connectivity index (χ1) is 4.34. The Labute approximate surface area is 61.6 Å². The van der Waals surface area contributed by atoms with Crippen molar-refractivity contribution in [1.29, 1.82) is 0 Å². The van der Waals surface area contributed by atoms with E-state index in [-0.39, 0.29) is 5.75 Å². The van der Waals surface area contributed by atoms with Crippen molar-refractivity contribution in [3.8, 4) is 11.5 Å². The minimum atomic E-state index is 0.165. The van der Waals surface area contributed by atoms with E-state index < -0.39 is 0 Å². The molecule has 1 N–H and O–H groups in total. The van der Waals surface area contributed by atoms with Gasteiger partial charge in [0, 0.05) is 0 Å². The van der Waals surface area contributed by atoms with Crippen LogP contribution in [0.4, 0.5) is 0 Å². The van der Waals surface area contributed by atoms with E-state index in [1.165, 1.54) is 0 Å². The van der Waals surface area contributed by atoms with Crippen LogP contribution < -0.4 is 3.82 Å². The van der Waals surface area contributed by atoms with Gasteiger partial charge in [0.25, 0.3) is 0 Å². The van der Waals surface area contributed by atoms with Crippen LogP contribution in [0.3, 0.4) is 0 Å². The summed E-state index contributed by atoms with van der Waals surface area (Å²) in [5, 5.41) is 8.98. The van der Waals surface area contributed by atoms with Crippen molar-refractivity contribution in [1.82, 2.24) is 0 Å². The van der Waals surface area contributed by atoms with E-state index in [0.717, 1.165) is 0 Å². The fourth-order valence-electron chi connectivity index (χ4n) is 0.534. The van der Waals surface area contributed by atoms with E-state index in [4.69, 9.17) is 8.93 Å². The normalized spacial score (nSPS) is 9.00. The number of benzene rings is 1. The Bertz CT molecular complexity index is 200. The third-order valence-electron chi connectivity index (χ3n) is 0.964. The van der Waals surface area contributed by atoms with Gasteiger partial charge in [-0.05, 0) is 0 Å². The first-order valence-corrected chi connectivity index (χ1v) is 3.20. The van der Waals surface area contributed by atoms with Crippen molar-refractivity contribution in [2.45, 2.75) is 0 Å².